The van der Waals surface area contributed by atoms with Crippen LogP contribution in [0, 0.1) is 10.1 Å². The van der Waals surface area contributed by atoms with Gasteiger partial charge in [0.05, 0.1) is 11.5 Å². The van der Waals surface area contributed by atoms with E-state index in [0.29, 0.717) is 0 Å². The summed E-state index contributed by atoms with van der Waals surface area (Å²) in [7, 11) is 0. The van der Waals surface area contributed by atoms with Gasteiger partial charge in [0, 0.05) is 24.2 Å². The number of hydrogen-bond donors (Lipinski definition) is 1. The van der Waals surface area contributed by atoms with E-state index in [0.717, 1.165) is 12.1 Å². The number of hydrogen-bond acceptors (Lipinski definition) is 5. The molecule has 0 saturated heterocycles. The Bertz CT molecular complexity index is 553. The second-order valence-corrected chi connectivity index (χ2v) is 4.76. The number of nitrogens with one attached hydrogen (secondary N) is 1. The van der Waals surface area contributed by atoms with Crippen molar-refractivity contribution >= 4 is 5.69 Å². The zero-order valence-electron chi connectivity index (χ0n) is 11.4. The maximum Gasteiger partial charge on any atom is 0.269 e. The summed E-state index contributed by atoms with van der Waals surface area (Å²) >= 11 is 0. The first-order valence-electron chi connectivity index (χ1n) is 6.39. The van der Waals surface area contributed by atoms with Crippen LogP contribution in [0.2, 0.25) is 0 Å². The molecule has 1 heterocycles. The van der Waals surface area contributed by atoms with E-state index >= 15 is 0 Å². The Hall–Kier alpha value is -2.28. The van der Waals surface area contributed by atoms with Gasteiger partial charge in [0.25, 0.3) is 5.69 Å². The first-order valence-corrected chi connectivity index (χ1v) is 6.39. The zero-order valence-corrected chi connectivity index (χ0v) is 11.4. The third-order valence-corrected chi connectivity index (χ3v) is 3.07. The van der Waals surface area contributed by atoms with Gasteiger partial charge in [-0.25, -0.2) is 4.98 Å². The molecule has 0 aliphatic rings. The number of nitro benzene ring substituents is 1. The highest BCUT2D eigenvalue weighted by Crippen LogP contribution is 2.17. The number of non-ortho nitro benzene ring substituents is 1. The highest BCUT2D eigenvalue weighted by atomic mass is 16.6. The normalized spacial score (nSPS) is 13.9. The van der Waals surface area contributed by atoms with Gasteiger partial charge in [-0.3, -0.25) is 14.8 Å². The van der Waals surface area contributed by atoms with Crippen molar-refractivity contribution < 1.29 is 4.92 Å². The number of nitro groups is 1. The predicted molar refractivity (Wildman–Crippen MR) is 74.1 cm³/mol. The fourth-order valence-electron chi connectivity index (χ4n) is 2.07. The number of aromatic nitrogens is 3. The largest absolute Gasteiger partial charge is 0.306 e. The summed E-state index contributed by atoms with van der Waals surface area (Å²) in [6.45, 7) is 4.81. The van der Waals surface area contributed by atoms with Crippen LogP contribution in [0.3, 0.4) is 0 Å². The minimum absolute atomic E-state index is 0.106. The summed E-state index contributed by atoms with van der Waals surface area (Å²) < 4.78 is 1.76. The van der Waals surface area contributed by atoms with Gasteiger partial charge in [0.1, 0.15) is 12.7 Å². The molecule has 0 aliphatic heterocycles. The van der Waals surface area contributed by atoms with Gasteiger partial charge in [-0.05, 0) is 19.4 Å². The summed E-state index contributed by atoms with van der Waals surface area (Å²) in [5, 5.41) is 18.1. The molecule has 0 amide bonds. The van der Waals surface area contributed by atoms with Crippen LogP contribution in [0.25, 0.3) is 0 Å². The monoisotopic (exact) mass is 275 g/mol. The van der Waals surface area contributed by atoms with E-state index in [4.69, 9.17) is 0 Å². The van der Waals surface area contributed by atoms with Crippen LogP contribution in [0.1, 0.15) is 25.5 Å². The van der Waals surface area contributed by atoms with Crippen molar-refractivity contribution in [3.63, 3.8) is 0 Å². The molecule has 0 spiro atoms. The van der Waals surface area contributed by atoms with Crippen molar-refractivity contribution in [1.29, 1.82) is 0 Å². The van der Waals surface area contributed by atoms with Crippen LogP contribution in [0.15, 0.2) is 36.9 Å². The SMILES string of the molecule is C[C@H](Cn1cncn1)N[C@H](C)c1ccc([N+](=O)[O-])cc1. The van der Waals surface area contributed by atoms with E-state index in [1.54, 1.807) is 23.1 Å². The minimum Gasteiger partial charge on any atom is -0.306 e. The second-order valence-electron chi connectivity index (χ2n) is 4.76. The van der Waals surface area contributed by atoms with Gasteiger partial charge in [-0.15, -0.1) is 0 Å². The average Bonchev–Trinajstić information content (AvgIpc) is 2.91. The molecular formula is C13H17N5O2. The Morgan fingerprint density at radius 2 is 2.05 bits per heavy atom. The molecule has 1 N–H and O–H groups in total. The van der Waals surface area contributed by atoms with E-state index in [9.17, 15) is 10.1 Å². The number of benzene rings is 1. The lowest BCUT2D eigenvalue weighted by Gasteiger charge is -2.20. The topological polar surface area (TPSA) is 85.9 Å². The van der Waals surface area contributed by atoms with Crippen LogP contribution >= 0.6 is 0 Å². The first kappa shape index (κ1) is 14.1. The summed E-state index contributed by atoms with van der Waals surface area (Å²) in [5.41, 5.74) is 1.12. The van der Waals surface area contributed by atoms with Gasteiger partial charge in [0.2, 0.25) is 0 Å². The highest BCUT2D eigenvalue weighted by molar-refractivity contribution is 5.34. The van der Waals surface area contributed by atoms with E-state index < -0.39 is 4.92 Å². The van der Waals surface area contributed by atoms with Crippen LogP contribution in [0.4, 0.5) is 5.69 Å². The molecule has 1 aromatic carbocycles. The number of rotatable bonds is 6. The lowest BCUT2D eigenvalue weighted by molar-refractivity contribution is -0.384. The van der Waals surface area contributed by atoms with Gasteiger partial charge in [-0.2, -0.15) is 5.10 Å². The molecule has 0 bridgehead atoms. The molecule has 106 valence electrons. The fourth-order valence-corrected chi connectivity index (χ4v) is 2.07. The van der Waals surface area contributed by atoms with E-state index in [1.165, 1.54) is 18.5 Å². The second kappa shape index (κ2) is 6.25. The first-order chi connectivity index (χ1) is 9.56. The van der Waals surface area contributed by atoms with Crippen molar-refractivity contribution in [3.8, 4) is 0 Å². The van der Waals surface area contributed by atoms with Crippen LogP contribution in [-0.4, -0.2) is 25.7 Å². The van der Waals surface area contributed by atoms with Crippen LogP contribution in [0.5, 0.6) is 0 Å². The molecule has 0 radical (unpaired) electrons. The lowest BCUT2D eigenvalue weighted by Crippen LogP contribution is -2.32. The average molecular weight is 275 g/mol. The Labute approximate surface area is 116 Å². The predicted octanol–water partition coefficient (Wildman–Crippen LogP) is 1.93. The molecule has 20 heavy (non-hydrogen) atoms. The summed E-state index contributed by atoms with van der Waals surface area (Å²) in [6.07, 6.45) is 3.18. The third kappa shape index (κ3) is 3.61. The Balaban J connectivity index is 1.93. The summed E-state index contributed by atoms with van der Waals surface area (Å²) in [4.78, 5) is 14.1. The van der Waals surface area contributed by atoms with Gasteiger partial charge in [-0.1, -0.05) is 12.1 Å². The maximum absolute atomic E-state index is 10.6. The van der Waals surface area contributed by atoms with E-state index in [2.05, 4.69) is 22.3 Å². The highest BCUT2D eigenvalue weighted by Gasteiger charge is 2.12. The molecule has 2 atom stereocenters. The molecule has 0 unspecified atom stereocenters. The van der Waals surface area contributed by atoms with E-state index in [1.807, 2.05) is 6.92 Å². The Morgan fingerprint density at radius 1 is 1.35 bits per heavy atom. The summed E-state index contributed by atoms with van der Waals surface area (Å²) in [5.74, 6) is 0. The van der Waals surface area contributed by atoms with E-state index in [-0.39, 0.29) is 17.8 Å². The Kier molecular flexibility index (Phi) is 4.41. The molecule has 0 fully saturated rings. The molecule has 7 nitrogen and oxygen atoms in total. The lowest BCUT2D eigenvalue weighted by atomic mass is 10.1. The quantitative estimate of drug-likeness (QED) is 0.643. The van der Waals surface area contributed by atoms with Crippen molar-refractivity contribution in [1.82, 2.24) is 20.1 Å². The van der Waals surface area contributed by atoms with Crippen molar-refractivity contribution in [2.45, 2.75) is 32.5 Å². The molecule has 0 saturated carbocycles. The van der Waals surface area contributed by atoms with Crippen LogP contribution in [-0.2, 0) is 6.54 Å². The summed E-state index contributed by atoms with van der Waals surface area (Å²) in [6, 6.07) is 6.91. The molecule has 7 heteroatoms. The zero-order chi connectivity index (χ0) is 14.5. The fraction of sp³-hybridized carbons (Fsp3) is 0.385. The standard InChI is InChI=1S/C13H17N5O2/c1-10(7-17-9-14-8-15-17)16-11(2)12-3-5-13(6-4-12)18(19)20/h3-6,8-11,16H,7H2,1-2H3/t10-,11-/m1/s1. The molecule has 2 rings (SSSR count). The molecule has 2 aromatic rings. The Morgan fingerprint density at radius 3 is 2.60 bits per heavy atom. The van der Waals surface area contributed by atoms with Gasteiger partial charge in [0.15, 0.2) is 0 Å². The van der Waals surface area contributed by atoms with Crippen molar-refractivity contribution in [3.05, 3.63) is 52.6 Å². The van der Waals surface area contributed by atoms with Crippen LogP contribution < -0.4 is 5.32 Å². The van der Waals surface area contributed by atoms with Crippen molar-refractivity contribution in [2.75, 3.05) is 0 Å². The van der Waals surface area contributed by atoms with Gasteiger partial charge < -0.3 is 5.32 Å². The maximum atomic E-state index is 10.6. The minimum atomic E-state index is -0.394. The molecule has 0 aliphatic carbocycles. The number of nitrogens with zero attached hydrogens (tertiary/aromatic N) is 4. The third-order valence-electron chi connectivity index (χ3n) is 3.07. The smallest absolute Gasteiger partial charge is 0.269 e. The molecule has 1 aromatic heterocycles. The van der Waals surface area contributed by atoms with Gasteiger partial charge >= 0.3 is 0 Å². The molecular weight excluding hydrogens is 258 g/mol. The van der Waals surface area contributed by atoms with Crippen molar-refractivity contribution in [2.24, 2.45) is 0 Å².